The second-order valence-corrected chi connectivity index (χ2v) is 5.42. The number of aryl methyl sites for hydroxylation is 2. The van der Waals surface area contributed by atoms with Crippen LogP contribution >= 0.6 is 0 Å². The van der Waals surface area contributed by atoms with Gasteiger partial charge >= 0.3 is 0 Å². The van der Waals surface area contributed by atoms with Crippen LogP contribution in [-0.2, 0) is 19.4 Å². The van der Waals surface area contributed by atoms with Gasteiger partial charge in [-0.05, 0) is 46.7 Å². The minimum atomic E-state index is 0.102. The van der Waals surface area contributed by atoms with Crippen LogP contribution in [-0.4, -0.2) is 10.1 Å². The minimum Gasteiger partial charge on any atom is -0.392 e. The summed E-state index contributed by atoms with van der Waals surface area (Å²) < 4.78 is 0. The van der Waals surface area contributed by atoms with Crippen molar-refractivity contribution in [1.29, 1.82) is 0 Å². The molecule has 110 valence electrons. The van der Waals surface area contributed by atoms with E-state index < -0.39 is 0 Å². The van der Waals surface area contributed by atoms with Crippen LogP contribution in [0, 0.1) is 0 Å². The van der Waals surface area contributed by atoms with Crippen molar-refractivity contribution in [3.63, 3.8) is 0 Å². The van der Waals surface area contributed by atoms with Gasteiger partial charge in [0.05, 0.1) is 6.61 Å². The zero-order valence-electron chi connectivity index (χ0n) is 12.4. The molecule has 0 aliphatic carbocycles. The fourth-order valence-electron chi connectivity index (χ4n) is 2.61. The van der Waals surface area contributed by atoms with Crippen molar-refractivity contribution in [1.82, 2.24) is 4.98 Å². The molecular formula is C20H19NO. The lowest BCUT2D eigenvalue weighted by Gasteiger charge is -2.07. The summed E-state index contributed by atoms with van der Waals surface area (Å²) >= 11 is 0. The first-order valence-corrected chi connectivity index (χ1v) is 7.53. The van der Waals surface area contributed by atoms with Gasteiger partial charge in [-0.25, -0.2) is 0 Å². The first-order valence-electron chi connectivity index (χ1n) is 7.53. The highest BCUT2D eigenvalue weighted by Crippen LogP contribution is 2.20. The molecule has 2 heteroatoms. The quantitative estimate of drug-likeness (QED) is 0.769. The number of benzene rings is 2. The van der Waals surface area contributed by atoms with E-state index in [2.05, 4.69) is 47.4 Å². The van der Waals surface area contributed by atoms with Gasteiger partial charge in [-0.15, -0.1) is 0 Å². The van der Waals surface area contributed by atoms with Gasteiger partial charge in [0.2, 0.25) is 0 Å². The molecule has 0 unspecified atom stereocenters. The number of aliphatic hydroxyl groups excluding tert-OH is 1. The normalized spacial score (nSPS) is 10.6. The van der Waals surface area contributed by atoms with Gasteiger partial charge in [-0.1, -0.05) is 54.6 Å². The van der Waals surface area contributed by atoms with E-state index in [4.69, 9.17) is 0 Å². The number of aromatic nitrogens is 1. The highest BCUT2D eigenvalue weighted by atomic mass is 16.3. The molecule has 3 aromatic rings. The maximum Gasteiger partial charge on any atom is 0.0681 e. The molecule has 3 rings (SSSR count). The van der Waals surface area contributed by atoms with Crippen molar-refractivity contribution in [3.8, 4) is 11.1 Å². The zero-order chi connectivity index (χ0) is 15.2. The van der Waals surface area contributed by atoms with E-state index in [1.54, 1.807) is 6.20 Å². The Morgan fingerprint density at radius 1 is 0.727 bits per heavy atom. The molecule has 0 saturated carbocycles. The van der Waals surface area contributed by atoms with Crippen LogP contribution in [0.1, 0.15) is 16.7 Å². The fourth-order valence-corrected chi connectivity index (χ4v) is 2.61. The first-order chi connectivity index (χ1) is 10.8. The van der Waals surface area contributed by atoms with Gasteiger partial charge in [0.25, 0.3) is 0 Å². The van der Waals surface area contributed by atoms with Crippen molar-refractivity contribution < 1.29 is 5.11 Å². The van der Waals surface area contributed by atoms with E-state index in [9.17, 15) is 5.11 Å². The maximum absolute atomic E-state index is 9.20. The molecule has 0 saturated heterocycles. The van der Waals surface area contributed by atoms with Crippen molar-refractivity contribution in [2.24, 2.45) is 0 Å². The van der Waals surface area contributed by atoms with Gasteiger partial charge in [0.1, 0.15) is 0 Å². The van der Waals surface area contributed by atoms with Crippen molar-refractivity contribution in [2.75, 3.05) is 0 Å². The Hall–Kier alpha value is -2.45. The predicted octanol–water partition coefficient (Wildman–Crippen LogP) is 4.03. The summed E-state index contributed by atoms with van der Waals surface area (Å²) in [5, 5.41) is 9.20. The van der Waals surface area contributed by atoms with Gasteiger partial charge in [-0.2, -0.15) is 0 Å². The minimum absolute atomic E-state index is 0.102. The van der Waals surface area contributed by atoms with Crippen LogP contribution in [0.4, 0.5) is 0 Å². The molecule has 0 atom stereocenters. The van der Waals surface area contributed by atoms with Gasteiger partial charge < -0.3 is 5.11 Å². The number of hydrogen-bond acceptors (Lipinski definition) is 2. The predicted molar refractivity (Wildman–Crippen MR) is 89.4 cm³/mol. The van der Waals surface area contributed by atoms with E-state index in [0.717, 1.165) is 24.0 Å². The first kappa shape index (κ1) is 14.5. The van der Waals surface area contributed by atoms with Crippen LogP contribution in [0.15, 0.2) is 73.1 Å². The third-order valence-corrected chi connectivity index (χ3v) is 3.80. The summed E-state index contributed by atoms with van der Waals surface area (Å²) in [6.45, 7) is 0.102. The molecular weight excluding hydrogens is 270 g/mol. The van der Waals surface area contributed by atoms with E-state index in [1.807, 2.05) is 24.4 Å². The molecule has 22 heavy (non-hydrogen) atoms. The number of nitrogens with zero attached hydrogens (tertiary/aromatic N) is 1. The summed E-state index contributed by atoms with van der Waals surface area (Å²) in [7, 11) is 0. The van der Waals surface area contributed by atoms with Gasteiger partial charge in [0.15, 0.2) is 0 Å². The molecule has 0 aliphatic heterocycles. The standard InChI is InChI=1S/C20H19NO/c22-15-18-6-1-4-16(12-18)9-10-17-5-2-7-19(13-17)20-8-3-11-21-14-20/h1-8,11-14,22H,9-10,15H2. The second-order valence-electron chi connectivity index (χ2n) is 5.42. The summed E-state index contributed by atoms with van der Waals surface area (Å²) in [6.07, 6.45) is 5.65. The third kappa shape index (κ3) is 3.60. The Kier molecular flexibility index (Phi) is 4.62. The average molecular weight is 289 g/mol. The van der Waals surface area contributed by atoms with Gasteiger partial charge in [-0.3, -0.25) is 4.98 Å². The highest BCUT2D eigenvalue weighted by Gasteiger charge is 2.01. The number of hydrogen-bond donors (Lipinski definition) is 1. The SMILES string of the molecule is OCc1cccc(CCc2cccc(-c3cccnc3)c2)c1. The van der Waals surface area contributed by atoms with Crippen LogP contribution in [0.2, 0.25) is 0 Å². The van der Waals surface area contributed by atoms with Crippen LogP contribution in [0.25, 0.3) is 11.1 Å². The topological polar surface area (TPSA) is 33.1 Å². The molecule has 1 N–H and O–H groups in total. The maximum atomic E-state index is 9.20. The van der Waals surface area contributed by atoms with Crippen LogP contribution in [0.5, 0.6) is 0 Å². The molecule has 2 nitrogen and oxygen atoms in total. The fraction of sp³-hybridized carbons (Fsp3) is 0.150. The molecule has 1 aromatic heterocycles. The summed E-state index contributed by atoms with van der Waals surface area (Å²) in [5.74, 6) is 0. The molecule has 0 fully saturated rings. The molecule has 0 bridgehead atoms. The van der Waals surface area contributed by atoms with E-state index in [-0.39, 0.29) is 6.61 Å². The Balaban J connectivity index is 1.73. The lowest BCUT2D eigenvalue weighted by Crippen LogP contribution is -1.93. The van der Waals surface area contributed by atoms with Crippen molar-refractivity contribution >= 4 is 0 Å². The lowest BCUT2D eigenvalue weighted by atomic mass is 9.99. The Bertz CT molecular complexity index is 737. The second kappa shape index (κ2) is 7.01. The Morgan fingerprint density at radius 3 is 2.14 bits per heavy atom. The lowest BCUT2D eigenvalue weighted by molar-refractivity contribution is 0.281. The Labute approximate surface area is 131 Å². The van der Waals surface area contributed by atoms with Gasteiger partial charge in [0, 0.05) is 12.4 Å². The molecule has 0 aliphatic rings. The molecule has 1 heterocycles. The Morgan fingerprint density at radius 2 is 1.41 bits per heavy atom. The smallest absolute Gasteiger partial charge is 0.0681 e. The van der Waals surface area contributed by atoms with Crippen molar-refractivity contribution in [3.05, 3.63) is 89.7 Å². The number of aliphatic hydroxyl groups is 1. The van der Waals surface area contributed by atoms with E-state index in [1.165, 1.54) is 16.7 Å². The number of pyridine rings is 1. The third-order valence-electron chi connectivity index (χ3n) is 3.80. The largest absolute Gasteiger partial charge is 0.392 e. The highest BCUT2D eigenvalue weighted by molar-refractivity contribution is 5.62. The molecule has 0 amide bonds. The van der Waals surface area contributed by atoms with Crippen molar-refractivity contribution in [2.45, 2.75) is 19.4 Å². The molecule has 2 aromatic carbocycles. The average Bonchev–Trinajstić information content (AvgIpc) is 2.61. The summed E-state index contributed by atoms with van der Waals surface area (Å²) in [6, 6.07) is 20.8. The summed E-state index contributed by atoms with van der Waals surface area (Å²) in [4.78, 5) is 4.18. The van der Waals surface area contributed by atoms with E-state index >= 15 is 0 Å². The summed E-state index contributed by atoms with van der Waals surface area (Å²) in [5.41, 5.74) is 5.90. The molecule has 0 radical (unpaired) electrons. The monoisotopic (exact) mass is 289 g/mol. The van der Waals surface area contributed by atoms with Crippen LogP contribution < -0.4 is 0 Å². The zero-order valence-corrected chi connectivity index (χ0v) is 12.4. The van der Waals surface area contributed by atoms with Crippen LogP contribution in [0.3, 0.4) is 0 Å². The van der Waals surface area contributed by atoms with E-state index in [0.29, 0.717) is 0 Å². The number of rotatable bonds is 5. The molecule has 0 spiro atoms.